The molecule has 8 aliphatic rings. The highest BCUT2D eigenvalue weighted by molar-refractivity contribution is 5.79. The van der Waals surface area contributed by atoms with Crippen molar-refractivity contribution in [1.29, 1.82) is 5.41 Å². The first-order chi connectivity index (χ1) is 13.3. The van der Waals surface area contributed by atoms with Gasteiger partial charge < -0.3 is 22.5 Å². The fourth-order valence-electron chi connectivity index (χ4n) is 9.02. The minimum absolute atomic E-state index is 0.216. The Hall–Kier alpha value is -1.46. The van der Waals surface area contributed by atoms with E-state index in [4.69, 9.17) is 16.1 Å². The molecule has 8 saturated carbocycles. The number of rotatable bonds is 2. The number of aliphatic imine (C=N–C) groups is 1. The number of hydrogen-bond donors (Lipinski definition) is 5. The maximum atomic E-state index is 6.56. The van der Waals surface area contributed by atoms with Crippen molar-refractivity contribution in [3.05, 3.63) is 0 Å². The highest BCUT2D eigenvalue weighted by Crippen LogP contribution is 2.58. The van der Waals surface area contributed by atoms with E-state index in [1.165, 1.54) is 77.0 Å². The molecule has 0 amide bonds. The maximum absolute atomic E-state index is 6.56. The SMILES string of the molecule is N=C(N)N.NC(=NC12CC3CC(CC(C3)C1)C2)NC12CC3CC(CC(C3)C1)C2. The molecule has 0 saturated heterocycles. The van der Waals surface area contributed by atoms with Crippen LogP contribution in [0.15, 0.2) is 4.99 Å². The van der Waals surface area contributed by atoms with Crippen molar-refractivity contribution < 1.29 is 0 Å². The van der Waals surface area contributed by atoms with Gasteiger partial charge in [0.05, 0.1) is 5.54 Å². The van der Waals surface area contributed by atoms with Crippen molar-refractivity contribution in [3.8, 4) is 0 Å². The maximum Gasteiger partial charge on any atom is 0.189 e. The van der Waals surface area contributed by atoms with Crippen LogP contribution in [0.25, 0.3) is 0 Å². The summed E-state index contributed by atoms with van der Waals surface area (Å²) in [5, 5.41) is 9.88. The second-order valence-electron chi connectivity index (χ2n) is 11.4. The standard InChI is InChI=1S/C21H33N3.CH5N3/c22-19(23-20-7-13-1-14(8-20)3-15(2-13)9-20)24-21-10-16-4-17(11-21)6-18(5-16)12-21;2-1(3)4/h13-18H,1-12H2,(H3,22,23,24);(H5,2,3,4). The molecule has 0 aliphatic heterocycles. The molecule has 6 heteroatoms. The zero-order valence-electron chi connectivity index (χ0n) is 17.1. The van der Waals surface area contributed by atoms with E-state index < -0.39 is 0 Å². The van der Waals surface area contributed by atoms with E-state index in [9.17, 15) is 0 Å². The molecule has 8 rings (SSSR count). The first-order valence-corrected chi connectivity index (χ1v) is 11.5. The normalized spacial score (nSPS) is 50.2. The summed E-state index contributed by atoms with van der Waals surface area (Å²) in [6.45, 7) is 0. The Morgan fingerprint density at radius 1 is 0.679 bits per heavy atom. The van der Waals surface area contributed by atoms with E-state index in [0.717, 1.165) is 41.5 Å². The predicted molar refractivity (Wildman–Crippen MR) is 113 cm³/mol. The van der Waals surface area contributed by atoms with Gasteiger partial charge in [0.25, 0.3) is 0 Å². The molecule has 8 fully saturated rings. The molecular weight excluding hydrogens is 348 g/mol. The van der Waals surface area contributed by atoms with Gasteiger partial charge in [0.1, 0.15) is 0 Å². The van der Waals surface area contributed by atoms with E-state index in [1.54, 1.807) is 0 Å². The number of guanidine groups is 2. The predicted octanol–water partition coefficient (Wildman–Crippen LogP) is 2.67. The van der Waals surface area contributed by atoms with Crippen LogP contribution in [0.1, 0.15) is 77.0 Å². The van der Waals surface area contributed by atoms with E-state index in [2.05, 4.69) is 16.8 Å². The van der Waals surface area contributed by atoms with Crippen molar-refractivity contribution in [2.24, 2.45) is 57.7 Å². The molecule has 0 aromatic rings. The van der Waals surface area contributed by atoms with E-state index in [0.29, 0.717) is 5.54 Å². The van der Waals surface area contributed by atoms with Gasteiger partial charge in [0, 0.05) is 5.54 Å². The summed E-state index contributed by atoms with van der Waals surface area (Å²) in [6, 6.07) is 0. The summed E-state index contributed by atoms with van der Waals surface area (Å²) in [5.41, 5.74) is 16.0. The average molecular weight is 387 g/mol. The van der Waals surface area contributed by atoms with E-state index in [-0.39, 0.29) is 11.5 Å². The van der Waals surface area contributed by atoms with Crippen molar-refractivity contribution in [1.82, 2.24) is 5.32 Å². The Kier molecular flexibility index (Phi) is 4.33. The lowest BCUT2D eigenvalue weighted by Crippen LogP contribution is -2.62. The van der Waals surface area contributed by atoms with Crippen LogP contribution in [0.3, 0.4) is 0 Å². The van der Waals surface area contributed by atoms with Crippen molar-refractivity contribution in [2.45, 2.75) is 88.1 Å². The third-order valence-electron chi connectivity index (χ3n) is 8.80. The highest BCUT2D eigenvalue weighted by Gasteiger charge is 2.53. The van der Waals surface area contributed by atoms with Crippen LogP contribution in [0.4, 0.5) is 0 Å². The summed E-state index contributed by atoms with van der Waals surface area (Å²) in [7, 11) is 0. The Morgan fingerprint density at radius 3 is 1.36 bits per heavy atom. The van der Waals surface area contributed by atoms with Crippen LogP contribution in [0, 0.1) is 40.9 Å². The molecule has 0 radical (unpaired) electrons. The highest BCUT2D eigenvalue weighted by atomic mass is 15.2. The number of nitrogens with zero attached hydrogens (tertiary/aromatic N) is 1. The van der Waals surface area contributed by atoms with Gasteiger partial charge in [-0.3, -0.25) is 5.41 Å². The fourth-order valence-corrected chi connectivity index (χ4v) is 9.02. The zero-order valence-corrected chi connectivity index (χ0v) is 17.1. The van der Waals surface area contributed by atoms with Crippen LogP contribution in [0.2, 0.25) is 0 Å². The lowest BCUT2D eigenvalue weighted by Gasteiger charge is -2.57. The number of hydrogen-bond acceptors (Lipinski definition) is 2. The van der Waals surface area contributed by atoms with Gasteiger partial charge in [-0.1, -0.05) is 0 Å². The number of nitrogens with one attached hydrogen (secondary N) is 2. The molecule has 0 spiro atoms. The Bertz CT molecular complexity index is 593. The second-order valence-corrected chi connectivity index (χ2v) is 11.4. The summed E-state index contributed by atoms with van der Waals surface area (Å²) in [4.78, 5) is 5.23. The smallest absolute Gasteiger partial charge is 0.189 e. The van der Waals surface area contributed by atoms with Crippen molar-refractivity contribution in [3.63, 3.8) is 0 Å². The van der Waals surface area contributed by atoms with Gasteiger partial charge in [-0.2, -0.15) is 0 Å². The monoisotopic (exact) mass is 386 g/mol. The fraction of sp³-hybridized carbons (Fsp3) is 0.909. The minimum atomic E-state index is -0.333. The van der Waals surface area contributed by atoms with E-state index in [1.807, 2.05) is 0 Å². The molecule has 0 heterocycles. The van der Waals surface area contributed by atoms with Gasteiger partial charge in [0.15, 0.2) is 11.9 Å². The van der Waals surface area contributed by atoms with E-state index >= 15 is 0 Å². The Morgan fingerprint density at radius 2 is 1.00 bits per heavy atom. The Labute approximate surface area is 169 Å². The lowest BCUT2D eigenvalue weighted by molar-refractivity contribution is -0.0119. The van der Waals surface area contributed by atoms with Gasteiger partial charge in [-0.25, -0.2) is 4.99 Å². The van der Waals surface area contributed by atoms with Gasteiger partial charge in [-0.15, -0.1) is 0 Å². The zero-order chi connectivity index (χ0) is 19.5. The molecule has 28 heavy (non-hydrogen) atoms. The molecule has 0 aromatic heterocycles. The van der Waals surface area contributed by atoms with Crippen LogP contribution < -0.4 is 22.5 Å². The van der Waals surface area contributed by atoms with Crippen LogP contribution in [-0.2, 0) is 0 Å². The van der Waals surface area contributed by atoms with Crippen LogP contribution in [-0.4, -0.2) is 23.0 Å². The second kappa shape index (κ2) is 6.53. The first kappa shape index (κ1) is 18.6. The summed E-state index contributed by atoms with van der Waals surface area (Å²) < 4.78 is 0. The van der Waals surface area contributed by atoms with Gasteiger partial charge in [-0.05, 0) is 113 Å². The largest absolute Gasteiger partial charge is 0.370 e. The molecule has 0 aromatic carbocycles. The third kappa shape index (κ3) is 3.48. The quantitative estimate of drug-likeness (QED) is 0.369. The van der Waals surface area contributed by atoms with Crippen molar-refractivity contribution in [2.75, 3.05) is 0 Å². The molecule has 8 N–H and O–H groups in total. The molecule has 8 aliphatic carbocycles. The molecule has 6 nitrogen and oxygen atoms in total. The third-order valence-corrected chi connectivity index (χ3v) is 8.80. The first-order valence-electron chi connectivity index (χ1n) is 11.5. The number of nitrogens with two attached hydrogens (primary N) is 3. The summed E-state index contributed by atoms with van der Waals surface area (Å²) >= 11 is 0. The van der Waals surface area contributed by atoms with Crippen LogP contribution in [0.5, 0.6) is 0 Å². The summed E-state index contributed by atoms with van der Waals surface area (Å²) in [5.74, 6) is 6.23. The molecule has 156 valence electrons. The molecule has 0 atom stereocenters. The van der Waals surface area contributed by atoms with Gasteiger partial charge >= 0.3 is 0 Å². The Balaban J connectivity index is 0.000000393. The van der Waals surface area contributed by atoms with Crippen molar-refractivity contribution >= 4 is 11.9 Å². The lowest BCUT2D eigenvalue weighted by atomic mass is 9.53. The average Bonchev–Trinajstić information content (AvgIpc) is 2.49. The summed E-state index contributed by atoms with van der Waals surface area (Å²) in [6.07, 6.45) is 17.0. The van der Waals surface area contributed by atoms with Gasteiger partial charge in [0.2, 0.25) is 0 Å². The topological polar surface area (TPSA) is 126 Å². The minimum Gasteiger partial charge on any atom is -0.370 e. The van der Waals surface area contributed by atoms with Crippen LogP contribution >= 0.6 is 0 Å². The molecular formula is C22H38N6. The molecule has 0 unspecified atom stereocenters. The molecule has 8 bridgehead atoms.